The molecule has 0 spiro atoms. The molecule has 1 aromatic carbocycles. The Balaban J connectivity index is 1.64. The first-order valence-electron chi connectivity index (χ1n) is 8.03. The largest absolute Gasteiger partial charge is 0.486 e. The molecule has 3 heterocycles. The summed E-state index contributed by atoms with van der Waals surface area (Å²) in [6.07, 6.45) is 1.30. The van der Waals surface area contributed by atoms with E-state index < -0.39 is 9.84 Å². The van der Waals surface area contributed by atoms with E-state index in [1.807, 2.05) is 25.1 Å². The Morgan fingerprint density at radius 2 is 2.04 bits per heavy atom. The Kier molecular flexibility index (Phi) is 3.71. The molecule has 0 amide bonds. The van der Waals surface area contributed by atoms with Gasteiger partial charge in [-0.05, 0) is 31.4 Å². The van der Waals surface area contributed by atoms with Gasteiger partial charge in [0.2, 0.25) is 0 Å². The summed E-state index contributed by atoms with van der Waals surface area (Å²) in [6.45, 7) is 2.92. The van der Waals surface area contributed by atoms with Gasteiger partial charge < -0.3 is 9.47 Å². The fourth-order valence-electron chi connectivity index (χ4n) is 3.25. The van der Waals surface area contributed by atoms with Crippen molar-refractivity contribution in [2.45, 2.75) is 19.8 Å². The third-order valence-electron chi connectivity index (χ3n) is 4.35. The number of aromatic nitrogens is 3. The maximum atomic E-state index is 11.7. The minimum atomic E-state index is -2.89. The van der Waals surface area contributed by atoms with E-state index in [1.165, 1.54) is 0 Å². The summed E-state index contributed by atoms with van der Waals surface area (Å²) < 4.78 is 36.3. The molecule has 128 valence electrons. The van der Waals surface area contributed by atoms with Crippen LogP contribution in [0.3, 0.4) is 0 Å². The van der Waals surface area contributed by atoms with Crippen LogP contribution in [-0.2, 0) is 16.3 Å². The van der Waals surface area contributed by atoms with Crippen LogP contribution in [0.1, 0.15) is 18.1 Å². The number of hydrogen-bond donors (Lipinski definition) is 0. The van der Waals surface area contributed by atoms with Gasteiger partial charge in [-0.2, -0.15) is 5.10 Å². The fourth-order valence-corrected chi connectivity index (χ4v) is 5.11. The number of fused-ring (bicyclic) bond motifs is 1. The second-order valence-corrected chi connectivity index (χ2v) is 8.52. The van der Waals surface area contributed by atoms with E-state index >= 15 is 0 Å². The first-order chi connectivity index (χ1) is 11.5. The summed E-state index contributed by atoms with van der Waals surface area (Å²) >= 11 is 0. The number of rotatable bonds is 3. The van der Waals surface area contributed by atoms with Crippen molar-refractivity contribution in [1.82, 2.24) is 14.8 Å². The monoisotopic (exact) mass is 349 g/mol. The zero-order valence-corrected chi connectivity index (χ0v) is 14.3. The molecule has 0 saturated carbocycles. The van der Waals surface area contributed by atoms with Gasteiger partial charge >= 0.3 is 0 Å². The molecule has 24 heavy (non-hydrogen) atoms. The lowest BCUT2D eigenvalue weighted by Crippen LogP contribution is -2.16. The highest BCUT2D eigenvalue weighted by molar-refractivity contribution is 7.91. The van der Waals surface area contributed by atoms with Crippen molar-refractivity contribution in [2.24, 2.45) is 5.92 Å². The van der Waals surface area contributed by atoms with Gasteiger partial charge in [-0.1, -0.05) is 0 Å². The van der Waals surface area contributed by atoms with E-state index in [4.69, 9.17) is 9.47 Å². The van der Waals surface area contributed by atoms with Gasteiger partial charge in [0.25, 0.3) is 0 Å². The predicted molar refractivity (Wildman–Crippen MR) is 87.6 cm³/mol. The lowest BCUT2D eigenvalue weighted by Gasteiger charge is -2.19. The predicted octanol–water partition coefficient (Wildman–Crippen LogP) is 1.32. The molecule has 2 aliphatic heterocycles. The summed E-state index contributed by atoms with van der Waals surface area (Å²) in [5, 5.41) is 4.47. The van der Waals surface area contributed by atoms with Gasteiger partial charge in [-0.15, -0.1) is 0 Å². The van der Waals surface area contributed by atoms with E-state index in [0.29, 0.717) is 37.6 Å². The molecule has 0 radical (unpaired) electrons. The van der Waals surface area contributed by atoms with Crippen molar-refractivity contribution < 1.29 is 17.9 Å². The zero-order valence-electron chi connectivity index (χ0n) is 13.4. The molecule has 1 atom stereocenters. The zero-order chi connectivity index (χ0) is 16.7. The highest BCUT2D eigenvalue weighted by Crippen LogP contribution is 2.32. The van der Waals surface area contributed by atoms with E-state index in [0.717, 1.165) is 17.3 Å². The van der Waals surface area contributed by atoms with Crippen LogP contribution in [0.2, 0.25) is 0 Å². The smallest absolute Gasteiger partial charge is 0.163 e. The van der Waals surface area contributed by atoms with E-state index in [2.05, 4.69) is 10.1 Å². The van der Waals surface area contributed by atoms with Crippen LogP contribution in [0.25, 0.3) is 5.69 Å². The van der Waals surface area contributed by atoms with Crippen LogP contribution in [0.5, 0.6) is 11.5 Å². The Morgan fingerprint density at radius 3 is 2.79 bits per heavy atom. The molecule has 0 unspecified atom stereocenters. The van der Waals surface area contributed by atoms with Gasteiger partial charge in [0.15, 0.2) is 21.3 Å². The number of sulfone groups is 1. The van der Waals surface area contributed by atoms with Crippen LogP contribution >= 0.6 is 0 Å². The summed E-state index contributed by atoms with van der Waals surface area (Å²) in [4.78, 5) is 4.50. The Labute approximate surface area is 140 Å². The molecule has 2 aromatic rings. The van der Waals surface area contributed by atoms with Crippen LogP contribution in [0, 0.1) is 12.8 Å². The molecule has 1 aromatic heterocycles. The molecule has 1 fully saturated rings. The van der Waals surface area contributed by atoms with Crippen LogP contribution in [0.4, 0.5) is 0 Å². The quantitative estimate of drug-likeness (QED) is 0.831. The number of nitrogens with zero attached hydrogens (tertiary/aromatic N) is 3. The lowest BCUT2D eigenvalue weighted by atomic mass is 10.1. The third kappa shape index (κ3) is 2.98. The van der Waals surface area contributed by atoms with Crippen molar-refractivity contribution in [3.05, 3.63) is 29.8 Å². The van der Waals surface area contributed by atoms with Gasteiger partial charge in [0.1, 0.15) is 24.9 Å². The molecule has 2 aliphatic rings. The first-order valence-corrected chi connectivity index (χ1v) is 9.85. The Hall–Kier alpha value is -2.09. The normalized spacial score (nSPS) is 21.8. The molecular weight excluding hydrogens is 330 g/mol. The van der Waals surface area contributed by atoms with E-state index in [-0.39, 0.29) is 17.4 Å². The number of hydrogen-bond acceptors (Lipinski definition) is 6. The minimum absolute atomic E-state index is 0.106. The molecule has 0 aliphatic carbocycles. The summed E-state index contributed by atoms with van der Waals surface area (Å²) in [5.41, 5.74) is 0.843. The third-order valence-corrected chi connectivity index (χ3v) is 6.19. The maximum absolute atomic E-state index is 11.7. The summed E-state index contributed by atoms with van der Waals surface area (Å²) in [6, 6.07) is 5.67. The maximum Gasteiger partial charge on any atom is 0.163 e. The van der Waals surface area contributed by atoms with E-state index in [1.54, 1.807) is 4.68 Å². The molecule has 0 bridgehead atoms. The summed E-state index contributed by atoms with van der Waals surface area (Å²) in [7, 11) is -2.89. The van der Waals surface area contributed by atoms with Crippen molar-refractivity contribution >= 4 is 9.84 Å². The second kappa shape index (κ2) is 5.77. The van der Waals surface area contributed by atoms with E-state index in [9.17, 15) is 8.42 Å². The second-order valence-electron chi connectivity index (χ2n) is 6.29. The van der Waals surface area contributed by atoms with Crippen molar-refractivity contribution in [3.8, 4) is 17.2 Å². The standard InChI is InChI=1S/C16H19N3O4S/c1-11-17-16(8-12-4-7-24(20,21)10-12)19(18-11)13-2-3-14-15(9-13)23-6-5-22-14/h2-3,9,12H,4-8,10H2,1H3/t12-/m0/s1. The van der Waals surface area contributed by atoms with Gasteiger partial charge in [0, 0.05) is 12.5 Å². The van der Waals surface area contributed by atoms with Gasteiger partial charge in [-0.3, -0.25) is 0 Å². The van der Waals surface area contributed by atoms with Crippen molar-refractivity contribution in [3.63, 3.8) is 0 Å². The molecular formula is C16H19N3O4S. The number of aryl methyl sites for hydroxylation is 1. The molecule has 1 saturated heterocycles. The molecule has 8 heteroatoms. The van der Waals surface area contributed by atoms with Gasteiger partial charge in [0.05, 0.1) is 17.2 Å². The first kappa shape index (κ1) is 15.4. The minimum Gasteiger partial charge on any atom is -0.486 e. The van der Waals surface area contributed by atoms with Crippen molar-refractivity contribution in [1.29, 1.82) is 0 Å². The number of ether oxygens (including phenoxy) is 2. The van der Waals surface area contributed by atoms with Crippen molar-refractivity contribution in [2.75, 3.05) is 24.7 Å². The van der Waals surface area contributed by atoms with Crippen LogP contribution in [-0.4, -0.2) is 47.9 Å². The molecule has 0 N–H and O–H groups in total. The topological polar surface area (TPSA) is 83.3 Å². The average molecular weight is 349 g/mol. The Morgan fingerprint density at radius 1 is 1.25 bits per heavy atom. The Bertz CT molecular complexity index is 875. The SMILES string of the molecule is Cc1nc(C[C@@H]2CCS(=O)(=O)C2)n(-c2ccc3c(c2)OCCO3)n1. The van der Waals surface area contributed by atoms with Gasteiger partial charge in [-0.25, -0.2) is 18.1 Å². The molecule has 4 rings (SSSR count). The van der Waals surface area contributed by atoms with Crippen LogP contribution in [0.15, 0.2) is 18.2 Å². The van der Waals surface area contributed by atoms with Crippen LogP contribution < -0.4 is 9.47 Å². The fraction of sp³-hybridized carbons (Fsp3) is 0.500. The summed E-state index contributed by atoms with van der Waals surface area (Å²) in [5.74, 6) is 3.49. The average Bonchev–Trinajstić information content (AvgIpc) is 3.09. The molecule has 7 nitrogen and oxygen atoms in total. The highest BCUT2D eigenvalue weighted by atomic mass is 32.2. The number of benzene rings is 1. The highest BCUT2D eigenvalue weighted by Gasteiger charge is 2.29. The lowest BCUT2D eigenvalue weighted by molar-refractivity contribution is 0.171.